The van der Waals surface area contributed by atoms with Crippen LogP contribution >= 0.6 is 0 Å². The lowest BCUT2D eigenvalue weighted by Crippen LogP contribution is -2.18. The normalized spacial score (nSPS) is 15.1. The molecule has 0 unspecified atom stereocenters. The maximum Gasteiger partial charge on any atom is 0.265 e. The molecule has 0 atom stereocenters. The second-order valence-electron chi connectivity index (χ2n) is 11.9. The first kappa shape index (κ1) is 25.6. The molecule has 2 aliphatic carbocycles. The van der Waals surface area contributed by atoms with Gasteiger partial charge in [0.05, 0.1) is 24.5 Å². The number of benzene rings is 3. The zero-order valence-corrected chi connectivity index (χ0v) is 23.9. The minimum atomic E-state index is -0.377. The van der Waals surface area contributed by atoms with Crippen LogP contribution in [0.3, 0.4) is 0 Å². The van der Waals surface area contributed by atoms with Crippen molar-refractivity contribution in [2.24, 2.45) is 0 Å². The molecule has 0 amide bonds. The molecule has 0 N–H and O–H groups in total. The van der Waals surface area contributed by atoms with E-state index in [-0.39, 0.29) is 16.5 Å². The van der Waals surface area contributed by atoms with Gasteiger partial charge in [-0.05, 0) is 70.3 Å². The predicted molar refractivity (Wildman–Crippen MR) is 167 cm³/mol. The van der Waals surface area contributed by atoms with E-state index in [1.165, 1.54) is 28.3 Å². The molecule has 202 valence electrons. The van der Waals surface area contributed by atoms with E-state index in [9.17, 15) is 5.26 Å². The third-order valence-electron chi connectivity index (χ3n) is 8.80. The third kappa shape index (κ3) is 3.64. The van der Waals surface area contributed by atoms with Crippen molar-refractivity contribution in [1.29, 1.82) is 5.26 Å². The summed E-state index contributed by atoms with van der Waals surface area (Å²) in [5, 5.41) is 9.20. The molecular formula is C37H28N4O. The lowest BCUT2D eigenvalue weighted by molar-refractivity contribution is 0.567. The van der Waals surface area contributed by atoms with Crippen molar-refractivity contribution in [3.05, 3.63) is 136 Å². The number of aromatic nitrogens is 1. The Kier molecular flexibility index (Phi) is 5.52. The highest BCUT2D eigenvalue weighted by atomic mass is 16.3. The number of pyridine rings is 1. The van der Waals surface area contributed by atoms with E-state index in [1.54, 1.807) is 0 Å². The second kappa shape index (κ2) is 9.06. The molecule has 0 spiro atoms. The van der Waals surface area contributed by atoms with Crippen LogP contribution in [-0.4, -0.2) is 4.98 Å². The van der Waals surface area contributed by atoms with E-state index in [4.69, 9.17) is 16.0 Å². The van der Waals surface area contributed by atoms with Gasteiger partial charge in [0.15, 0.2) is 5.76 Å². The number of furan rings is 1. The van der Waals surface area contributed by atoms with Crippen LogP contribution in [0.1, 0.15) is 55.7 Å². The fourth-order valence-electron chi connectivity index (χ4n) is 6.58. The summed E-state index contributed by atoms with van der Waals surface area (Å²) in [5.41, 5.74) is 10.7. The van der Waals surface area contributed by atoms with Gasteiger partial charge < -0.3 is 9.32 Å². The average molecular weight is 545 g/mol. The number of para-hydroxylation sites is 1. The molecule has 0 aliphatic heterocycles. The Morgan fingerprint density at radius 1 is 0.810 bits per heavy atom. The van der Waals surface area contributed by atoms with Gasteiger partial charge in [0.2, 0.25) is 0 Å². The maximum absolute atomic E-state index is 9.20. The number of hydrogen-bond donors (Lipinski definition) is 0. The lowest BCUT2D eigenvalue weighted by Gasteiger charge is -2.29. The molecule has 2 aliphatic rings. The Morgan fingerprint density at radius 2 is 1.50 bits per heavy atom. The van der Waals surface area contributed by atoms with Crippen LogP contribution in [0.25, 0.3) is 33.5 Å². The Hall–Kier alpha value is -5.39. The van der Waals surface area contributed by atoms with Gasteiger partial charge in [0, 0.05) is 27.8 Å². The zero-order chi connectivity index (χ0) is 29.2. The first-order chi connectivity index (χ1) is 20.2. The number of fused-ring (bicyclic) bond motifs is 6. The molecular weight excluding hydrogens is 516 g/mol. The van der Waals surface area contributed by atoms with Gasteiger partial charge in [-0.3, -0.25) is 4.98 Å². The van der Waals surface area contributed by atoms with E-state index < -0.39 is 0 Å². The zero-order valence-electron chi connectivity index (χ0n) is 23.9. The molecule has 3 aromatic carbocycles. The minimum Gasteiger partial charge on any atom is -0.456 e. The number of allylic oxidation sites excluding steroid dienone is 1. The van der Waals surface area contributed by atoms with E-state index in [0.717, 1.165) is 33.9 Å². The highest BCUT2D eigenvalue weighted by Crippen LogP contribution is 2.53. The third-order valence-corrected chi connectivity index (χ3v) is 8.80. The average Bonchev–Trinajstić information content (AvgIpc) is 3.60. The lowest BCUT2D eigenvalue weighted by atomic mass is 9.82. The topological polar surface area (TPSA) is 57.4 Å². The maximum atomic E-state index is 9.20. The first-order valence-corrected chi connectivity index (χ1v) is 14.0. The highest BCUT2D eigenvalue weighted by Gasteiger charge is 2.41. The van der Waals surface area contributed by atoms with Crippen LogP contribution < -0.4 is 4.90 Å². The van der Waals surface area contributed by atoms with E-state index in [2.05, 4.69) is 110 Å². The Morgan fingerprint density at radius 3 is 2.26 bits per heavy atom. The summed E-state index contributed by atoms with van der Waals surface area (Å²) in [6.07, 6.45) is 3.39. The quantitative estimate of drug-likeness (QED) is 0.167. The number of nitrogens with zero attached hydrogens (tertiary/aromatic N) is 4. The number of rotatable bonds is 4. The molecule has 0 fully saturated rings. The largest absolute Gasteiger partial charge is 0.456 e. The smallest absolute Gasteiger partial charge is 0.265 e. The molecule has 0 radical (unpaired) electrons. The fourth-order valence-corrected chi connectivity index (χ4v) is 6.58. The van der Waals surface area contributed by atoms with Crippen molar-refractivity contribution in [2.75, 3.05) is 4.90 Å². The van der Waals surface area contributed by atoms with Crippen molar-refractivity contribution in [3.8, 4) is 28.7 Å². The summed E-state index contributed by atoms with van der Waals surface area (Å²) in [5.74, 6) is 1.18. The molecule has 5 heteroatoms. The summed E-state index contributed by atoms with van der Waals surface area (Å²) in [6, 6.07) is 31.9. The standard InChI is InChI=1S/C37H28N4O/c1-36(2)30-14-10-9-13-28(30)29-16-15-25(18-31(29)36)41(24-11-7-6-8-12-24)26-19-32-34(40-22-26)35-33(37(32,3)4)20-27(42-35)17-23(21-38)39-5/h6-20,22H,1-4H3/b23-17-. The van der Waals surface area contributed by atoms with Crippen molar-refractivity contribution in [1.82, 2.24) is 4.98 Å². The molecule has 42 heavy (non-hydrogen) atoms. The molecule has 5 aromatic rings. The minimum absolute atomic E-state index is 0.0112. The Labute approximate surface area is 245 Å². The van der Waals surface area contributed by atoms with Crippen molar-refractivity contribution in [2.45, 2.75) is 38.5 Å². The Bertz CT molecular complexity index is 2000. The molecule has 2 heterocycles. The van der Waals surface area contributed by atoms with Crippen LogP contribution in [0.15, 0.2) is 101 Å². The summed E-state index contributed by atoms with van der Waals surface area (Å²) in [6.45, 7) is 16.1. The van der Waals surface area contributed by atoms with Crippen LogP contribution in [0.2, 0.25) is 0 Å². The van der Waals surface area contributed by atoms with Crippen LogP contribution in [0, 0.1) is 17.9 Å². The molecule has 0 saturated heterocycles. The van der Waals surface area contributed by atoms with Crippen LogP contribution in [0.5, 0.6) is 0 Å². The van der Waals surface area contributed by atoms with Gasteiger partial charge in [-0.1, -0.05) is 76.2 Å². The fraction of sp³-hybridized carbons (Fsp3) is 0.162. The van der Waals surface area contributed by atoms with Gasteiger partial charge in [-0.25, -0.2) is 10.1 Å². The van der Waals surface area contributed by atoms with Gasteiger partial charge in [-0.2, -0.15) is 0 Å². The monoisotopic (exact) mass is 544 g/mol. The molecule has 0 bridgehead atoms. The molecule has 7 rings (SSSR count). The van der Waals surface area contributed by atoms with E-state index in [1.807, 2.05) is 24.4 Å². The van der Waals surface area contributed by atoms with Crippen molar-refractivity contribution in [3.63, 3.8) is 0 Å². The SMILES string of the molecule is [C-]#[N+]/C(C#N)=C\c1cc2c(o1)-c1ncc(N(c3ccccc3)c3ccc4c(c3)C(C)(C)c3ccccc3-4)cc1C2(C)C. The van der Waals surface area contributed by atoms with E-state index in [0.29, 0.717) is 11.5 Å². The molecule has 2 aromatic heterocycles. The summed E-state index contributed by atoms with van der Waals surface area (Å²) < 4.78 is 6.15. The van der Waals surface area contributed by atoms with Crippen LogP contribution in [-0.2, 0) is 10.8 Å². The van der Waals surface area contributed by atoms with Crippen LogP contribution in [0.4, 0.5) is 17.1 Å². The molecule has 0 saturated carbocycles. The highest BCUT2D eigenvalue weighted by molar-refractivity contribution is 5.86. The number of hydrogen-bond acceptors (Lipinski definition) is 4. The van der Waals surface area contributed by atoms with Gasteiger partial charge >= 0.3 is 0 Å². The predicted octanol–water partition coefficient (Wildman–Crippen LogP) is 9.54. The second-order valence-corrected chi connectivity index (χ2v) is 11.9. The summed E-state index contributed by atoms with van der Waals surface area (Å²) in [4.78, 5) is 10.5. The molecule has 5 nitrogen and oxygen atoms in total. The Balaban J connectivity index is 1.36. The van der Waals surface area contributed by atoms with E-state index >= 15 is 0 Å². The number of anilines is 3. The van der Waals surface area contributed by atoms with Gasteiger partial charge in [0.1, 0.15) is 11.5 Å². The summed E-state index contributed by atoms with van der Waals surface area (Å²) in [7, 11) is 0. The first-order valence-electron chi connectivity index (χ1n) is 14.0. The van der Waals surface area contributed by atoms with Gasteiger partial charge in [-0.15, -0.1) is 0 Å². The van der Waals surface area contributed by atoms with Gasteiger partial charge in [0.25, 0.3) is 5.70 Å². The summed E-state index contributed by atoms with van der Waals surface area (Å²) >= 11 is 0. The van der Waals surface area contributed by atoms with Crippen molar-refractivity contribution >= 4 is 23.1 Å². The number of nitriles is 1. The van der Waals surface area contributed by atoms with Crippen molar-refractivity contribution < 1.29 is 4.42 Å².